The molecule has 5 nitrogen and oxygen atoms in total. The Balaban J connectivity index is 1.22. The highest BCUT2D eigenvalue weighted by Gasteiger charge is 2.27. The molecular weight excluding hydrogens is 276 g/mol. The Hall–Kier alpha value is -0.200. The highest BCUT2D eigenvalue weighted by atomic mass is 16.5. The molecular formula is C17H34N4O. The van der Waals surface area contributed by atoms with Crippen LogP contribution in [-0.4, -0.2) is 62.7 Å². The molecule has 3 aliphatic rings. The standard InChI is InChI=1S/C17H34N4O/c1-2-11-21(10-1)17-13-15(19-14-20-17)7-9-18-8-3-5-16-6-4-12-22-16/h15-20H,1-14H2. The van der Waals surface area contributed by atoms with E-state index in [-0.39, 0.29) is 0 Å². The van der Waals surface area contributed by atoms with Gasteiger partial charge in [-0.25, -0.2) is 0 Å². The number of nitrogens with zero attached hydrogens (tertiary/aromatic N) is 1. The van der Waals surface area contributed by atoms with E-state index in [1.54, 1.807) is 0 Å². The lowest BCUT2D eigenvalue weighted by Gasteiger charge is -2.37. The summed E-state index contributed by atoms with van der Waals surface area (Å²) in [5, 5.41) is 10.8. The third-order valence-corrected chi connectivity index (χ3v) is 5.39. The lowest BCUT2D eigenvalue weighted by atomic mass is 10.1. The number of rotatable bonds is 8. The Kier molecular flexibility index (Phi) is 6.95. The van der Waals surface area contributed by atoms with E-state index in [0.29, 0.717) is 18.3 Å². The van der Waals surface area contributed by atoms with Crippen molar-refractivity contribution < 1.29 is 4.74 Å². The Morgan fingerprint density at radius 1 is 1.05 bits per heavy atom. The number of nitrogens with one attached hydrogen (secondary N) is 3. The van der Waals surface area contributed by atoms with Crippen molar-refractivity contribution in [3.8, 4) is 0 Å². The highest BCUT2D eigenvalue weighted by molar-refractivity contribution is 4.84. The molecule has 0 radical (unpaired) electrons. The van der Waals surface area contributed by atoms with Crippen molar-refractivity contribution in [3.05, 3.63) is 0 Å². The van der Waals surface area contributed by atoms with Crippen molar-refractivity contribution in [1.82, 2.24) is 20.9 Å². The van der Waals surface area contributed by atoms with E-state index in [1.807, 2.05) is 0 Å². The van der Waals surface area contributed by atoms with E-state index in [1.165, 1.54) is 64.5 Å². The van der Waals surface area contributed by atoms with Gasteiger partial charge in [-0.2, -0.15) is 0 Å². The van der Waals surface area contributed by atoms with Crippen LogP contribution in [0.15, 0.2) is 0 Å². The fraction of sp³-hybridized carbons (Fsp3) is 1.00. The molecule has 3 heterocycles. The van der Waals surface area contributed by atoms with E-state index in [4.69, 9.17) is 4.74 Å². The number of hydrogen-bond acceptors (Lipinski definition) is 5. The van der Waals surface area contributed by atoms with E-state index in [0.717, 1.165) is 26.4 Å². The van der Waals surface area contributed by atoms with Crippen molar-refractivity contribution >= 4 is 0 Å². The van der Waals surface area contributed by atoms with Crippen molar-refractivity contribution in [2.24, 2.45) is 0 Å². The van der Waals surface area contributed by atoms with Crippen LogP contribution in [0.25, 0.3) is 0 Å². The minimum absolute atomic E-state index is 0.550. The zero-order valence-corrected chi connectivity index (χ0v) is 14.0. The van der Waals surface area contributed by atoms with Crippen LogP contribution in [0.4, 0.5) is 0 Å². The molecule has 0 aliphatic carbocycles. The van der Waals surface area contributed by atoms with E-state index >= 15 is 0 Å². The molecule has 3 aliphatic heterocycles. The van der Waals surface area contributed by atoms with Gasteiger partial charge in [-0.3, -0.25) is 10.2 Å². The van der Waals surface area contributed by atoms with Crippen LogP contribution in [0.2, 0.25) is 0 Å². The Bertz CT molecular complexity index is 303. The van der Waals surface area contributed by atoms with Crippen LogP contribution in [-0.2, 0) is 4.74 Å². The van der Waals surface area contributed by atoms with Gasteiger partial charge in [0, 0.05) is 19.3 Å². The molecule has 0 saturated carbocycles. The molecule has 3 fully saturated rings. The first kappa shape index (κ1) is 16.7. The van der Waals surface area contributed by atoms with Crippen LogP contribution < -0.4 is 16.0 Å². The Morgan fingerprint density at radius 3 is 2.77 bits per heavy atom. The highest BCUT2D eigenvalue weighted by Crippen LogP contribution is 2.17. The van der Waals surface area contributed by atoms with Gasteiger partial charge in [-0.05, 0) is 77.5 Å². The van der Waals surface area contributed by atoms with Gasteiger partial charge in [0.2, 0.25) is 0 Å². The second-order valence-electron chi connectivity index (χ2n) is 7.09. The molecule has 0 aromatic rings. The summed E-state index contributed by atoms with van der Waals surface area (Å²) in [6.45, 7) is 6.79. The maximum absolute atomic E-state index is 5.67. The molecule has 3 N–H and O–H groups in total. The number of ether oxygens (including phenoxy) is 1. The minimum Gasteiger partial charge on any atom is -0.378 e. The maximum atomic E-state index is 5.67. The first-order valence-corrected chi connectivity index (χ1v) is 9.45. The molecule has 22 heavy (non-hydrogen) atoms. The van der Waals surface area contributed by atoms with Gasteiger partial charge in [0.25, 0.3) is 0 Å². The van der Waals surface area contributed by atoms with Gasteiger partial charge in [0.1, 0.15) is 0 Å². The monoisotopic (exact) mass is 310 g/mol. The summed E-state index contributed by atoms with van der Waals surface area (Å²) in [5.41, 5.74) is 0. The summed E-state index contributed by atoms with van der Waals surface area (Å²) < 4.78 is 5.67. The fourth-order valence-electron chi connectivity index (χ4n) is 4.04. The molecule has 3 atom stereocenters. The average Bonchev–Trinajstić information content (AvgIpc) is 3.24. The van der Waals surface area contributed by atoms with Crippen LogP contribution in [0.1, 0.15) is 51.4 Å². The quantitative estimate of drug-likeness (QED) is 0.589. The van der Waals surface area contributed by atoms with E-state index in [2.05, 4.69) is 20.9 Å². The maximum Gasteiger partial charge on any atom is 0.0621 e. The molecule has 0 amide bonds. The smallest absolute Gasteiger partial charge is 0.0621 e. The summed E-state index contributed by atoms with van der Waals surface area (Å²) in [6.07, 6.45) is 11.4. The van der Waals surface area contributed by atoms with Crippen LogP contribution in [0.5, 0.6) is 0 Å². The summed E-state index contributed by atoms with van der Waals surface area (Å²) in [7, 11) is 0. The van der Waals surface area contributed by atoms with Crippen molar-refractivity contribution in [2.45, 2.75) is 69.7 Å². The van der Waals surface area contributed by atoms with Gasteiger partial charge >= 0.3 is 0 Å². The number of hydrogen-bond donors (Lipinski definition) is 3. The zero-order valence-electron chi connectivity index (χ0n) is 14.0. The first-order chi connectivity index (χ1) is 10.9. The summed E-state index contributed by atoms with van der Waals surface area (Å²) >= 11 is 0. The first-order valence-electron chi connectivity index (χ1n) is 9.45. The lowest BCUT2D eigenvalue weighted by Crippen LogP contribution is -2.57. The predicted molar refractivity (Wildman–Crippen MR) is 89.8 cm³/mol. The summed E-state index contributed by atoms with van der Waals surface area (Å²) in [5.74, 6) is 0. The fourth-order valence-corrected chi connectivity index (χ4v) is 4.04. The molecule has 3 saturated heterocycles. The van der Waals surface area contributed by atoms with Crippen LogP contribution >= 0.6 is 0 Å². The molecule has 128 valence electrons. The van der Waals surface area contributed by atoms with Gasteiger partial charge in [-0.1, -0.05) is 0 Å². The average molecular weight is 310 g/mol. The predicted octanol–water partition coefficient (Wildman–Crippen LogP) is 1.26. The molecule has 0 aromatic carbocycles. The largest absolute Gasteiger partial charge is 0.378 e. The molecule has 0 bridgehead atoms. The molecule has 0 aromatic heterocycles. The Morgan fingerprint density at radius 2 is 1.95 bits per heavy atom. The molecule has 3 unspecified atom stereocenters. The summed E-state index contributed by atoms with van der Waals surface area (Å²) in [6, 6.07) is 0.664. The van der Waals surface area contributed by atoms with Gasteiger partial charge in [0.05, 0.1) is 12.3 Å². The van der Waals surface area contributed by atoms with Gasteiger partial charge in [-0.15, -0.1) is 0 Å². The van der Waals surface area contributed by atoms with Crippen LogP contribution in [0.3, 0.4) is 0 Å². The summed E-state index contributed by atoms with van der Waals surface area (Å²) in [4.78, 5) is 2.63. The second kappa shape index (κ2) is 9.18. The lowest BCUT2D eigenvalue weighted by molar-refractivity contribution is 0.102. The number of likely N-dealkylation sites (tertiary alicyclic amines) is 1. The second-order valence-corrected chi connectivity index (χ2v) is 7.09. The van der Waals surface area contributed by atoms with E-state index < -0.39 is 0 Å². The Labute approximate surface area is 135 Å². The third-order valence-electron chi connectivity index (χ3n) is 5.39. The van der Waals surface area contributed by atoms with Gasteiger partial charge < -0.3 is 15.4 Å². The third kappa shape index (κ3) is 5.17. The van der Waals surface area contributed by atoms with Crippen molar-refractivity contribution in [3.63, 3.8) is 0 Å². The molecule has 3 rings (SSSR count). The molecule has 0 spiro atoms. The minimum atomic E-state index is 0.550. The molecule has 5 heteroatoms. The van der Waals surface area contributed by atoms with Crippen molar-refractivity contribution in [1.29, 1.82) is 0 Å². The van der Waals surface area contributed by atoms with Gasteiger partial charge in [0.15, 0.2) is 0 Å². The SMILES string of the molecule is C(CNCCC1CC(N2CCCC2)NCN1)CC1CCCO1. The van der Waals surface area contributed by atoms with Crippen LogP contribution in [0, 0.1) is 0 Å². The van der Waals surface area contributed by atoms with Crippen molar-refractivity contribution in [2.75, 3.05) is 39.5 Å². The topological polar surface area (TPSA) is 48.6 Å². The normalized spacial score (nSPS) is 33.5. The zero-order chi connectivity index (χ0) is 15.0. The van der Waals surface area contributed by atoms with E-state index in [9.17, 15) is 0 Å².